The highest BCUT2D eigenvalue weighted by atomic mass is 16.5. The van der Waals surface area contributed by atoms with Gasteiger partial charge in [0.2, 0.25) is 0 Å². The van der Waals surface area contributed by atoms with Crippen LogP contribution in [0.4, 0.5) is 4.79 Å². The maximum Gasteiger partial charge on any atom is 0.316 e. The second-order valence-electron chi connectivity index (χ2n) is 3.84. The molecule has 0 aromatic rings. The van der Waals surface area contributed by atoms with E-state index in [1.165, 1.54) is 4.90 Å². The van der Waals surface area contributed by atoms with Gasteiger partial charge in [-0.25, -0.2) is 4.79 Å². The Balaban J connectivity index is 3.06. The van der Waals surface area contributed by atoms with Crippen molar-refractivity contribution in [2.75, 3.05) is 60.7 Å². The third kappa shape index (κ3) is 11.4. The van der Waals surface area contributed by atoms with Crippen molar-refractivity contribution in [2.24, 2.45) is 0 Å². The van der Waals surface area contributed by atoms with E-state index in [1.807, 2.05) is 0 Å². The molecule has 0 fully saturated rings. The van der Waals surface area contributed by atoms with E-state index >= 15 is 0 Å². The van der Waals surface area contributed by atoms with Crippen LogP contribution in [0.25, 0.3) is 0 Å². The molecule has 0 unspecified atom stereocenters. The second-order valence-corrected chi connectivity index (χ2v) is 3.84. The van der Waals surface area contributed by atoms with Gasteiger partial charge in [-0.1, -0.05) is 0 Å². The van der Waals surface area contributed by atoms with E-state index in [0.29, 0.717) is 19.8 Å². The zero-order valence-corrected chi connectivity index (χ0v) is 11.1. The molecule has 0 aliphatic carbocycles. The van der Waals surface area contributed by atoms with Crippen LogP contribution in [0.3, 0.4) is 0 Å². The standard InChI is InChI=1S/C11H25N3O3/c1-14(2)11(15)13-7-6-12-5-4-8-17-10-9-16-3/h12H,4-10H2,1-3H3,(H,13,15). The zero-order chi connectivity index (χ0) is 12.9. The summed E-state index contributed by atoms with van der Waals surface area (Å²) in [6.07, 6.45) is 0.964. The van der Waals surface area contributed by atoms with Crippen molar-refractivity contribution in [3.05, 3.63) is 0 Å². The summed E-state index contributed by atoms with van der Waals surface area (Å²) in [5, 5.41) is 6.00. The van der Waals surface area contributed by atoms with Gasteiger partial charge >= 0.3 is 6.03 Å². The molecule has 0 aliphatic rings. The van der Waals surface area contributed by atoms with Crippen LogP contribution in [0.15, 0.2) is 0 Å². The number of hydrogen-bond donors (Lipinski definition) is 2. The molecule has 0 saturated carbocycles. The monoisotopic (exact) mass is 247 g/mol. The van der Waals surface area contributed by atoms with Crippen molar-refractivity contribution in [2.45, 2.75) is 6.42 Å². The zero-order valence-electron chi connectivity index (χ0n) is 11.1. The minimum Gasteiger partial charge on any atom is -0.382 e. The summed E-state index contributed by atoms with van der Waals surface area (Å²) in [6.45, 7) is 4.34. The van der Waals surface area contributed by atoms with Crippen molar-refractivity contribution >= 4 is 6.03 Å². The summed E-state index contributed by atoms with van der Waals surface area (Å²) in [7, 11) is 5.10. The molecule has 6 nitrogen and oxygen atoms in total. The van der Waals surface area contributed by atoms with E-state index in [1.54, 1.807) is 21.2 Å². The van der Waals surface area contributed by atoms with E-state index in [-0.39, 0.29) is 6.03 Å². The molecule has 0 heterocycles. The molecule has 17 heavy (non-hydrogen) atoms. The van der Waals surface area contributed by atoms with Gasteiger partial charge in [-0.3, -0.25) is 0 Å². The summed E-state index contributed by atoms with van der Waals surface area (Å²) in [5.41, 5.74) is 0. The van der Waals surface area contributed by atoms with Crippen molar-refractivity contribution in [1.29, 1.82) is 0 Å². The number of amides is 2. The Hall–Kier alpha value is -0.850. The number of nitrogens with one attached hydrogen (secondary N) is 2. The van der Waals surface area contributed by atoms with Gasteiger partial charge in [0.25, 0.3) is 0 Å². The molecule has 102 valence electrons. The Bertz CT molecular complexity index is 189. The van der Waals surface area contributed by atoms with Crippen LogP contribution in [0.2, 0.25) is 0 Å². The summed E-state index contributed by atoms with van der Waals surface area (Å²) in [4.78, 5) is 12.7. The van der Waals surface area contributed by atoms with E-state index < -0.39 is 0 Å². The number of rotatable bonds is 10. The number of ether oxygens (including phenoxy) is 2. The number of hydrogen-bond acceptors (Lipinski definition) is 4. The molecule has 0 radical (unpaired) electrons. The Labute approximate surface area is 104 Å². The predicted molar refractivity (Wildman–Crippen MR) is 67.3 cm³/mol. The van der Waals surface area contributed by atoms with Crippen molar-refractivity contribution in [3.8, 4) is 0 Å². The molecule has 6 heteroatoms. The van der Waals surface area contributed by atoms with Crippen LogP contribution in [0, 0.1) is 0 Å². The second kappa shape index (κ2) is 11.6. The molecule has 0 bridgehead atoms. The molecule has 0 aliphatic heterocycles. The summed E-state index contributed by atoms with van der Waals surface area (Å²) in [5.74, 6) is 0. The molecular formula is C11H25N3O3. The third-order valence-corrected chi connectivity index (χ3v) is 2.06. The fraction of sp³-hybridized carbons (Fsp3) is 0.909. The van der Waals surface area contributed by atoms with Crippen LogP contribution in [0.5, 0.6) is 0 Å². The van der Waals surface area contributed by atoms with Crippen LogP contribution < -0.4 is 10.6 Å². The normalized spacial score (nSPS) is 10.3. The van der Waals surface area contributed by atoms with Gasteiger partial charge in [0, 0.05) is 40.9 Å². The first-order valence-electron chi connectivity index (χ1n) is 5.91. The van der Waals surface area contributed by atoms with Gasteiger partial charge < -0.3 is 25.0 Å². The quantitative estimate of drug-likeness (QED) is 0.529. The third-order valence-electron chi connectivity index (χ3n) is 2.06. The van der Waals surface area contributed by atoms with Gasteiger partial charge in [0.05, 0.1) is 13.2 Å². The smallest absolute Gasteiger partial charge is 0.316 e. The number of nitrogens with zero attached hydrogens (tertiary/aromatic N) is 1. The first kappa shape index (κ1) is 16.1. The molecule has 0 spiro atoms. The number of carbonyl (C=O) groups excluding carboxylic acids is 1. The average Bonchev–Trinajstić information content (AvgIpc) is 2.31. The lowest BCUT2D eigenvalue weighted by molar-refractivity contribution is 0.0695. The van der Waals surface area contributed by atoms with Gasteiger partial charge in [-0.2, -0.15) is 0 Å². The molecule has 0 aromatic carbocycles. The van der Waals surface area contributed by atoms with Crippen LogP contribution in [-0.2, 0) is 9.47 Å². The highest BCUT2D eigenvalue weighted by Gasteiger charge is 1.99. The Morgan fingerprint density at radius 1 is 1.12 bits per heavy atom. The topological polar surface area (TPSA) is 62.8 Å². The highest BCUT2D eigenvalue weighted by Crippen LogP contribution is 1.81. The van der Waals surface area contributed by atoms with Crippen LogP contribution >= 0.6 is 0 Å². The fourth-order valence-corrected chi connectivity index (χ4v) is 1.08. The lowest BCUT2D eigenvalue weighted by atomic mass is 10.4. The van der Waals surface area contributed by atoms with Crippen LogP contribution in [-0.4, -0.2) is 71.6 Å². The summed E-state index contributed by atoms with van der Waals surface area (Å²) >= 11 is 0. The lowest BCUT2D eigenvalue weighted by Gasteiger charge is -2.12. The van der Waals surface area contributed by atoms with E-state index in [0.717, 1.165) is 26.1 Å². The van der Waals surface area contributed by atoms with Crippen molar-refractivity contribution in [1.82, 2.24) is 15.5 Å². The minimum absolute atomic E-state index is 0.0605. The first-order chi connectivity index (χ1) is 8.18. The maximum absolute atomic E-state index is 11.1. The average molecular weight is 247 g/mol. The lowest BCUT2D eigenvalue weighted by Crippen LogP contribution is -2.38. The molecule has 0 aromatic heterocycles. The largest absolute Gasteiger partial charge is 0.382 e. The number of methoxy groups -OCH3 is 1. The number of carbonyl (C=O) groups is 1. The van der Waals surface area contributed by atoms with Crippen molar-refractivity contribution < 1.29 is 14.3 Å². The maximum atomic E-state index is 11.1. The van der Waals surface area contributed by atoms with Crippen molar-refractivity contribution in [3.63, 3.8) is 0 Å². The van der Waals surface area contributed by atoms with E-state index in [4.69, 9.17) is 9.47 Å². The van der Waals surface area contributed by atoms with E-state index in [2.05, 4.69) is 10.6 Å². The summed E-state index contributed by atoms with van der Waals surface area (Å²) < 4.78 is 10.2. The van der Waals surface area contributed by atoms with Crippen LogP contribution in [0.1, 0.15) is 6.42 Å². The molecule has 0 atom stereocenters. The minimum atomic E-state index is -0.0605. The molecule has 0 rings (SSSR count). The SMILES string of the molecule is COCCOCCCNCCNC(=O)N(C)C. The predicted octanol–water partition coefficient (Wildman–Crippen LogP) is -0.0997. The number of urea groups is 1. The fourth-order valence-electron chi connectivity index (χ4n) is 1.08. The Morgan fingerprint density at radius 2 is 1.88 bits per heavy atom. The van der Waals surface area contributed by atoms with Gasteiger partial charge in [0.15, 0.2) is 0 Å². The first-order valence-corrected chi connectivity index (χ1v) is 5.91. The van der Waals surface area contributed by atoms with Gasteiger partial charge in [-0.05, 0) is 13.0 Å². The molecule has 0 saturated heterocycles. The summed E-state index contributed by atoms with van der Waals surface area (Å²) in [6, 6.07) is -0.0605. The molecule has 2 N–H and O–H groups in total. The molecular weight excluding hydrogens is 222 g/mol. The Kier molecular flexibility index (Phi) is 11.0. The van der Waals surface area contributed by atoms with Gasteiger partial charge in [0.1, 0.15) is 0 Å². The molecule has 2 amide bonds. The van der Waals surface area contributed by atoms with E-state index in [9.17, 15) is 4.79 Å². The highest BCUT2D eigenvalue weighted by molar-refractivity contribution is 5.73. The van der Waals surface area contributed by atoms with Gasteiger partial charge in [-0.15, -0.1) is 0 Å². The Morgan fingerprint density at radius 3 is 2.53 bits per heavy atom.